The van der Waals surface area contributed by atoms with Gasteiger partial charge in [0.25, 0.3) is 6.43 Å². The maximum absolute atomic E-state index is 14.9. The van der Waals surface area contributed by atoms with Crippen molar-refractivity contribution in [3.05, 3.63) is 66.4 Å². The highest BCUT2D eigenvalue weighted by molar-refractivity contribution is 5.75. The Balaban J connectivity index is 1.59. The number of aliphatic hydroxyl groups is 1. The second-order valence-electron chi connectivity index (χ2n) is 9.45. The SMILES string of the molecule is COc1cc(F)c(-c2cc(Cn3ccc4cncnc43)c(N3CCC[C@](N)([C@H](O)C(F)F)C3)cn2)cc1F. The maximum atomic E-state index is 14.9. The van der Waals surface area contributed by atoms with Crippen molar-refractivity contribution >= 4 is 16.7 Å². The molecular weight excluding hydrogens is 504 g/mol. The highest BCUT2D eigenvalue weighted by Gasteiger charge is 2.43. The standard InChI is InChI=1S/C26H26F4N6O2/c1-38-22-9-18(27)17(8-19(22)28)20-7-16(12-35-6-3-15-10-32-14-34-25(15)35)21(11-33-20)36-5-2-4-26(31,13-36)23(37)24(29)30/h3,6-11,14,23-24,37H,2,4-5,12-13,31H2,1H3/t23-,26-/m1/s1. The van der Waals surface area contributed by atoms with E-state index < -0.39 is 29.7 Å². The van der Waals surface area contributed by atoms with E-state index in [1.165, 1.54) is 19.6 Å². The van der Waals surface area contributed by atoms with Crippen molar-refractivity contribution in [1.29, 1.82) is 0 Å². The topological polar surface area (TPSA) is 102 Å². The quantitative estimate of drug-likeness (QED) is 0.351. The summed E-state index contributed by atoms with van der Waals surface area (Å²) in [6, 6.07) is 5.45. The van der Waals surface area contributed by atoms with Gasteiger partial charge in [-0.1, -0.05) is 0 Å². The van der Waals surface area contributed by atoms with Crippen molar-refractivity contribution in [2.75, 3.05) is 25.1 Å². The van der Waals surface area contributed by atoms with Crippen molar-refractivity contribution in [1.82, 2.24) is 19.5 Å². The average molecular weight is 531 g/mol. The lowest BCUT2D eigenvalue weighted by Crippen LogP contribution is -2.63. The summed E-state index contributed by atoms with van der Waals surface area (Å²) in [6.45, 7) is 0.715. The van der Waals surface area contributed by atoms with Gasteiger partial charge in [0.15, 0.2) is 11.6 Å². The zero-order valence-electron chi connectivity index (χ0n) is 20.5. The molecule has 1 fully saturated rings. The van der Waals surface area contributed by atoms with Gasteiger partial charge in [-0.05, 0) is 36.6 Å². The van der Waals surface area contributed by atoms with Crippen molar-refractivity contribution in [2.24, 2.45) is 5.73 Å². The molecule has 1 aliphatic heterocycles. The van der Waals surface area contributed by atoms with E-state index in [0.29, 0.717) is 29.9 Å². The van der Waals surface area contributed by atoms with Crippen LogP contribution in [-0.2, 0) is 6.54 Å². The van der Waals surface area contributed by atoms with Gasteiger partial charge in [-0.2, -0.15) is 0 Å². The van der Waals surface area contributed by atoms with E-state index in [1.807, 2.05) is 16.8 Å². The molecule has 0 amide bonds. The number of halogens is 4. The van der Waals surface area contributed by atoms with Gasteiger partial charge in [0.05, 0.1) is 36.8 Å². The first-order valence-corrected chi connectivity index (χ1v) is 12.0. The Kier molecular flexibility index (Phi) is 6.93. The predicted octanol–water partition coefficient (Wildman–Crippen LogP) is 3.75. The van der Waals surface area contributed by atoms with Gasteiger partial charge in [0.1, 0.15) is 23.9 Å². The summed E-state index contributed by atoms with van der Waals surface area (Å²) in [5, 5.41) is 11.0. The van der Waals surface area contributed by atoms with Crippen LogP contribution in [0.1, 0.15) is 18.4 Å². The lowest BCUT2D eigenvalue weighted by atomic mass is 9.84. The fourth-order valence-corrected chi connectivity index (χ4v) is 4.98. The molecule has 1 saturated heterocycles. The third kappa shape index (κ3) is 4.76. The van der Waals surface area contributed by atoms with Gasteiger partial charge in [0.2, 0.25) is 0 Å². The Morgan fingerprint density at radius 1 is 1.16 bits per heavy atom. The van der Waals surface area contributed by atoms with Gasteiger partial charge < -0.3 is 25.0 Å². The number of rotatable bonds is 7. The molecule has 2 atom stereocenters. The molecule has 12 heteroatoms. The second kappa shape index (κ2) is 10.2. The molecule has 0 unspecified atom stereocenters. The Bertz CT molecular complexity index is 1470. The zero-order chi connectivity index (χ0) is 27.0. The molecule has 0 saturated carbocycles. The number of piperidine rings is 1. The molecule has 0 bridgehead atoms. The molecule has 3 N–H and O–H groups in total. The first kappa shape index (κ1) is 25.9. The summed E-state index contributed by atoms with van der Waals surface area (Å²) in [7, 11) is 1.24. The number of hydrogen-bond donors (Lipinski definition) is 2. The summed E-state index contributed by atoms with van der Waals surface area (Å²) < 4.78 is 62.8. The normalized spacial score (nSPS) is 18.8. The van der Waals surface area contributed by atoms with Crippen molar-refractivity contribution in [3.8, 4) is 17.0 Å². The van der Waals surface area contributed by atoms with E-state index in [2.05, 4.69) is 15.0 Å². The second-order valence-corrected chi connectivity index (χ2v) is 9.45. The molecular formula is C26H26F4N6O2. The van der Waals surface area contributed by atoms with Crippen LogP contribution in [0.25, 0.3) is 22.3 Å². The number of fused-ring (bicyclic) bond motifs is 1. The molecule has 0 spiro atoms. The Morgan fingerprint density at radius 3 is 2.74 bits per heavy atom. The minimum Gasteiger partial charge on any atom is -0.494 e. The van der Waals surface area contributed by atoms with Crippen LogP contribution >= 0.6 is 0 Å². The first-order valence-electron chi connectivity index (χ1n) is 12.0. The first-order chi connectivity index (χ1) is 18.2. The molecule has 38 heavy (non-hydrogen) atoms. The van der Waals surface area contributed by atoms with Gasteiger partial charge >= 0.3 is 0 Å². The predicted molar refractivity (Wildman–Crippen MR) is 133 cm³/mol. The monoisotopic (exact) mass is 530 g/mol. The number of aromatic nitrogens is 4. The van der Waals surface area contributed by atoms with E-state index in [4.69, 9.17) is 10.5 Å². The number of anilines is 1. The van der Waals surface area contributed by atoms with E-state index in [0.717, 1.165) is 17.5 Å². The summed E-state index contributed by atoms with van der Waals surface area (Å²) in [6.07, 6.45) is 2.12. The molecule has 200 valence electrons. The van der Waals surface area contributed by atoms with Gasteiger partial charge in [-0.25, -0.2) is 27.5 Å². The Labute approximate surface area is 215 Å². The molecule has 4 heterocycles. The number of benzene rings is 1. The molecule has 8 nitrogen and oxygen atoms in total. The maximum Gasteiger partial charge on any atom is 0.265 e. The minimum absolute atomic E-state index is 0.0351. The molecule has 3 aromatic heterocycles. The van der Waals surface area contributed by atoms with Crippen LogP contribution in [-0.4, -0.2) is 62.9 Å². The number of nitrogens with zero attached hydrogens (tertiary/aromatic N) is 5. The van der Waals surface area contributed by atoms with Crippen molar-refractivity contribution < 1.29 is 27.4 Å². The Hall–Kier alpha value is -3.77. The van der Waals surface area contributed by atoms with Crippen LogP contribution in [0.3, 0.4) is 0 Å². The number of pyridine rings is 1. The molecule has 4 aromatic rings. The van der Waals surface area contributed by atoms with Gasteiger partial charge in [-0.15, -0.1) is 0 Å². The van der Waals surface area contributed by atoms with Gasteiger partial charge in [-0.3, -0.25) is 4.98 Å². The fourth-order valence-electron chi connectivity index (χ4n) is 4.98. The molecule has 0 aliphatic carbocycles. The van der Waals surface area contributed by atoms with Crippen LogP contribution in [0.4, 0.5) is 23.2 Å². The summed E-state index contributed by atoms with van der Waals surface area (Å²) in [5.41, 5.74) is 6.74. The fraction of sp³-hybridized carbons (Fsp3) is 0.346. The van der Waals surface area contributed by atoms with E-state index >= 15 is 0 Å². The molecule has 5 rings (SSSR count). The van der Waals surface area contributed by atoms with Crippen LogP contribution in [0.2, 0.25) is 0 Å². The average Bonchev–Trinajstić information content (AvgIpc) is 3.32. The number of aliphatic hydroxyl groups excluding tert-OH is 1. The van der Waals surface area contributed by atoms with Crippen LogP contribution in [0.15, 0.2) is 49.2 Å². The van der Waals surface area contributed by atoms with E-state index in [1.54, 1.807) is 17.2 Å². The lowest BCUT2D eigenvalue weighted by molar-refractivity contribution is -0.0529. The number of hydrogen-bond acceptors (Lipinski definition) is 7. The highest BCUT2D eigenvalue weighted by atomic mass is 19.3. The molecule has 1 aliphatic rings. The molecule has 0 radical (unpaired) electrons. The number of methoxy groups -OCH3 is 1. The third-order valence-corrected chi connectivity index (χ3v) is 6.97. The van der Waals surface area contributed by atoms with E-state index in [9.17, 15) is 22.7 Å². The Morgan fingerprint density at radius 2 is 1.97 bits per heavy atom. The van der Waals surface area contributed by atoms with Crippen molar-refractivity contribution in [3.63, 3.8) is 0 Å². The summed E-state index contributed by atoms with van der Waals surface area (Å²) in [5.74, 6) is -1.69. The van der Waals surface area contributed by atoms with Gasteiger partial charge in [0, 0.05) is 42.5 Å². The smallest absolute Gasteiger partial charge is 0.265 e. The van der Waals surface area contributed by atoms with E-state index in [-0.39, 0.29) is 36.5 Å². The largest absolute Gasteiger partial charge is 0.494 e. The number of alkyl halides is 2. The number of ether oxygens (including phenoxy) is 1. The zero-order valence-corrected chi connectivity index (χ0v) is 20.5. The minimum atomic E-state index is -2.99. The van der Waals surface area contributed by atoms with Crippen LogP contribution in [0.5, 0.6) is 5.75 Å². The number of nitrogens with two attached hydrogens (primary N) is 1. The van der Waals surface area contributed by atoms with Crippen LogP contribution in [0, 0.1) is 11.6 Å². The van der Waals surface area contributed by atoms with Crippen LogP contribution < -0.4 is 15.4 Å². The molecule has 1 aromatic carbocycles. The summed E-state index contributed by atoms with van der Waals surface area (Å²) in [4.78, 5) is 14.5. The summed E-state index contributed by atoms with van der Waals surface area (Å²) >= 11 is 0. The van der Waals surface area contributed by atoms with Crippen molar-refractivity contribution in [2.45, 2.75) is 37.5 Å². The highest BCUT2D eigenvalue weighted by Crippen LogP contribution is 2.34. The third-order valence-electron chi connectivity index (χ3n) is 6.97. The lowest BCUT2D eigenvalue weighted by Gasteiger charge is -2.44.